The summed E-state index contributed by atoms with van der Waals surface area (Å²) in [4.78, 5) is 1.15. The maximum atomic E-state index is 9.82. The van der Waals surface area contributed by atoms with Crippen LogP contribution in [0, 0.1) is 6.92 Å². The molecule has 2 aromatic rings. The van der Waals surface area contributed by atoms with Crippen LogP contribution in [0.15, 0.2) is 40.2 Å². The highest BCUT2D eigenvalue weighted by Gasteiger charge is 2.32. The number of benzene rings is 1. The molecule has 0 saturated heterocycles. The van der Waals surface area contributed by atoms with Gasteiger partial charge in [-0.1, -0.05) is 29.8 Å². The summed E-state index contributed by atoms with van der Waals surface area (Å²) in [6.45, 7) is 1.88. The molecule has 2 nitrogen and oxygen atoms in total. The van der Waals surface area contributed by atoms with E-state index in [-0.39, 0.29) is 13.2 Å². The molecule has 0 amide bonds. The zero-order valence-corrected chi connectivity index (χ0v) is 13.2. The molecule has 1 heterocycles. The summed E-state index contributed by atoms with van der Waals surface area (Å²) in [6.07, 6.45) is 0.639. The third-order valence-electron chi connectivity index (χ3n) is 3.37. The Morgan fingerprint density at radius 2 is 1.95 bits per heavy atom. The molecule has 0 aliphatic rings. The number of halogens is 1. The van der Waals surface area contributed by atoms with Crippen molar-refractivity contribution in [2.45, 2.75) is 18.8 Å². The van der Waals surface area contributed by atoms with E-state index in [4.69, 9.17) is 0 Å². The van der Waals surface area contributed by atoms with Crippen LogP contribution in [0.4, 0.5) is 0 Å². The fourth-order valence-electron chi connectivity index (χ4n) is 2.20. The normalized spacial score (nSPS) is 11.8. The second-order valence-electron chi connectivity index (χ2n) is 4.87. The van der Waals surface area contributed by atoms with E-state index in [0.717, 1.165) is 20.5 Å². The molecule has 1 aromatic heterocycles. The van der Waals surface area contributed by atoms with Crippen molar-refractivity contribution in [1.82, 2.24) is 0 Å². The maximum Gasteiger partial charge on any atom is 0.0553 e. The Morgan fingerprint density at radius 3 is 2.47 bits per heavy atom. The summed E-state index contributed by atoms with van der Waals surface area (Å²) in [6, 6.07) is 10.0. The minimum absolute atomic E-state index is 0.0670. The van der Waals surface area contributed by atoms with Gasteiger partial charge in [-0.2, -0.15) is 0 Å². The highest BCUT2D eigenvalue weighted by Crippen LogP contribution is 2.32. The van der Waals surface area contributed by atoms with Crippen LogP contribution < -0.4 is 0 Å². The summed E-state index contributed by atoms with van der Waals surface area (Å²) in [5, 5.41) is 21.7. The van der Waals surface area contributed by atoms with Gasteiger partial charge in [-0.25, -0.2) is 0 Å². The van der Waals surface area contributed by atoms with Gasteiger partial charge in [0.15, 0.2) is 0 Å². The third-order valence-corrected chi connectivity index (χ3v) is 5.07. The van der Waals surface area contributed by atoms with Crippen molar-refractivity contribution < 1.29 is 10.2 Å². The molecule has 0 atom stereocenters. The quantitative estimate of drug-likeness (QED) is 0.876. The van der Waals surface area contributed by atoms with Crippen molar-refractivity contribution in [2.24, 2.45) is 0 Å². The predicted octanol–water partition coefficient (Wildman–Crippen LogP) is 3.28. The van der Waals surface area contributed by atoms with E-state index in [0.29, 0.717) is 6.42 Å². The molecule has 0 spiro atoms. The molecule has 0 radical (unpaired) electrons. The molecular formula is C15H17BrO2S. The number of aliphatic hydroxyl groups excluding tert-OH is 2. The van der Waals surface area contributed by atoms with Gasteiger partial charge >= 0.3 is 0 Å². The van der Waals surface area contributed by atoms with E-state index in [1.165, 1.54) is 0 Å². The minimum Gasteiger partial charge on any atom is -0.395 e. The Kier molecular flexibility index (Phi) is 4.79. The molecule has 2 rings (SSSR count). The first-order chi connectivity index (χ1) is 9.09. The van der Waals surface area contributed by atoms with Crippen molar-refractivity contribution >= 4 is 27.3 Å². The Bertz CT molecular complexity index is 547. The van der Waals surface area contributed by atoms with Crippen molar-refractivity contribution in [3.63, 3.8) is 0 Å². The van der Waals surface area contributed by atoms with Crippen LogP contribution in [0.3, 0.4) is 0 Å². The van der Waals surface area contributed by atoms with Gasteiger partial charge in [0, 0.05) is 20.1 Å². The smallest absolute Gasteiger partial charge is 0.0553 e. The van der Waals surface area contributed by atoms with Gasteiger partial charge in [-0.05, 0) is 40.9 Å². The van der Waals surface area contributed by atoms with Crippen LogP contribution in [0.25, 0.3) is 0 Å². The Hall–Kier alpha value is -0.680. The second-order valence-corrected chi connectivity index (χ2v) is 6.79. The molecule has 0 fully saturated rings. The van der Waals surface area contributed by atoms with Crippen molar-refractivity contribution in [3.8, 4) is 0 Å². The van der Waals surface area contributed by atoms with Crippen molar-refractivity contribution in [2.75, 3.05) is 13.2 Å². The van der Waals surface area contributed by atoms with Gasteiger partial charge in [0.25, 0.3) is 0 Å². The largest absolute Gasteiger partial charge is 0.395 e. The average Bonchev–Trinajstić information content (AvgIpc) is 2.81. The lowest BCUT2D eigenvalue weighted by molar-refractivity contribution is 0.117. The van der Waals surface area contributed by atoms with Crippen LogP contribution in [0.5, 0.6) is 0 Å². The van der Waals surface area contributed by atoms with Gasteiger partial charge < -0.3 is 10.2 Å². The van der Waals surface area contributed by atoms with E-state index in [9.17, 15) is 10.2 Å². The topological polar surface area (TPSA) is 40.5 Å². The maximum absolute atomic E-state index is 9.82. The Labute approximate surface area is 125 Å². The first kappa shape index (κ1) is 14.7. The van der Waals surface area contributed by atoms with Crippen molar-refractivity contribution in [1.29, 1.82) is 0 Å². The molecule has 0 unspecified atom stereocenters. The van der Waals surface area contributed by atoms with E-state index in [1.54, 1.807) is 11.3 Å². The van der Waals surface area contributed by atoms with Crippen LogP contribution in [-0.2, 0) is 11.8 Å². The Balaban J connectivity index is 2.37. The fourth-order valence-corrected chi connectivity index (χ4v) is 3.80. The van der Waals surface area contributed by atoms with Gasteiger partial charge in [0.1, 0.15) is 0 Å². The lowest BCUT2D eigenvalue weighted by atomic mass is 9.78. The first-order valence-corrected chi connectivity index (χ1v) is 7.79. The van der Waals surface area contributed by atoms with E-state index in [1.807, 2.05) is 42.6 Å². The molecule has 1 aromatic carbocycles. The molecule has 0 saturated carbocycles. The van der Waals surface area contributed by atoms with Gasteiger partial charge in [-0.3, -0.25) is 0 Å². The fraction of sp³-hybridized carbons (Fsp3) is 0.333. The SMILES string of the molecule is Cc1cccc(C(CO)(CO)Cc2cc(Br)cs2)c1. The van der Waals surface area contributed by atoms with Gasteiger partial charge in [0.05, 0.1) is 13.2 Å². The monoisotopic (exact) mass is 340 g/mol. The predicted molar refractivity (Wildman–Crippen MR) is 82.8 cm³/mol. The number of thiophene rings is 1. The van der Waals surface area contributed by atoms with Gasteiger partial charge in [-0.15, -0.1) is 11.3 Å². The molecule has 0 aliphatic heterocycles. The third kappa shape index (κ3) is 3.26. The van der Waals surface area contributed by atoms with E-state index in [2.05, 4.69) is 15.9 Å². The van der Waals surface area contributed by atoms with E-state index >= 15 is 0 Å². The first-order valence-electron chi connectivity index (χ1n) is 6.11. The zero-order chi connectivity index (χ0) is 13.9. The van der Waals surface area contributed by atoms with Crippen molar-refractivity contribution in [3.05, 3.63) is 56.2 Å². The number of aryl methyl sites for hydroxylation is 1. The standard InChI is InChI=1S/C15H17BrO2S/c1-11-3-2-4-12(5-11)15(9-17,10-18)7-14-6-13(16)8-19-14/h2-6,8,17-18H,7,9-10H2,1H3. The summed E-state index contributed by atoms with van der Waals surface area (Å²) in [5.41, 5.74) is 1.51. The summed E-state index contributed by atoms with van der Waals surface area (Å²) in [5.74, 6) is 0. The summed E-state index contributed by atoms with van der Waals surface area (Å²) < 4.78 is 1.04. The van der Waals surface area contributed by atoms with Crippen LogP contribution >= 0.6 is 27.3 Å². The number of rotatable bonds is 5. The number of aliphatic hydroxyl groups is 2. The number of hydrogen-bond acceptors (Lipinski definition) is 3. The highest BCUT2D eigenvalue weighted by atomic mass is 79.9. The number of hydrogen-bond donors (Lipinski definition) is 2. The molecular weight excluding hydrogens is 324 g/mol. The highest BCUT2D eigenvalue weighted by molar-refractivity contribution is 9.10. The second kappa shape index (κ2) is 6.18. The molecule has 4 heteroatoms. The lowest BCUT2D eigenvalue weighted by Crippen LogP contribution is -2.37. The summed E-state index contributed by atoms with van der Waals surface area (Å²) in [7, 11) is 0. The van der Waals surface area contributed by atoms with Crippen LogP contribution in [0.2, 0.25) is 0 Å². The molecule has 19 heavy (non-hydrogen) atoms. The van der Waals surface area contributed by atoms with Gasteiger partial charge in [0.2, 0.25) is 0 Å². The Morgan fingerprint density at radius 1 is 1.21 bits per heavy atom. The molecule has 0 aliphatic carbocycles. The van der Waals surface area contributed by atoms with E-state index < -0.39 is 5.41 Å². The molecule has 0 bridgehead atoms. The van der Waals surface area contributed by atoms with Crippen LogP contribution in [-0.4, -0.2) is 23.4 Å². The summed E-state index contributed by atoms with van der Waals surface area (Å²) >= 11 is 5.07. The lowest BCUT2D eigenvalue weighted by Gasteiger charge is -2.30. The minimum atomic E-state index is -0.615. The molecule has 2 N–H and O–H groups in total. The molecule has 102 valence electrons. The zero-order valence-electron chi connectivity index (χ0n) is 10.8. The average molecular weight is 341 g/mol. The van der Waals surface area contributed by atoms with Crippen LogP contribution in [0.1, 0.15) is 16.0 Å².